The average molecular weight is 507 g/mol. The molecule has 1 aliphatic carbocycles. The van der Waals surface area contributed by atoms with Gasteiger partial charge in [0, 0.05) is 54.6 Å². The number of amides is 2. The highest BCUT2D eigenvalue weighted by Crippen LogP contribution is 2.36. The van der Waals surface area contributed by atoms with Gasteiger partial charge in [-0.1, -0.05) is 12.1 Å². The number of carbonyl (C=O) groups is 2. The zero-order chi connectivity index (χ0) is 26.2. The van der Waals surface area contributed by atoms with E-state index in [-0.39, 0.29) is 23.7 Å². The number of fused-ring (bicyclic) bond motifs is 1. The third kappa shape index (κ3) is 4.43. The molecule has 38 heavy (non-hydrogen) atoms. The smallest absolute Gasteiger partial charge is 0.256 e. The molecule has 0 radical (unpaired) electrons. The topological polar surface area (TPSA) is 142 Å². The number of likely N-dealkylation sites (tertiary alicyclic amines) is 1. The fourth-order valence-corrected chi connectivity index (χ4v) is 5.09. The second-order valence-electron chi connectivity index (χ2n) is 9.82. The summed E-state index contributed by atoms with van der Waals surface area (Å²) in [6, 6.07) is 12.2. The molecule has 6 rings (SSSR count). The van der Waals surface area contributed by atoms with E-state index in [0.29, 0.717) is 40.5 Å². The number of aromatic nitrogens is 4. The summed E-state index contributed by atoms with van der Waals surface area (Å²) in [7, 11) is 0. The summed E-state index contributed by atoms with van der Waals surface area (Å²) in [5, 5.41) is 11.8. The quantitative estimate of drug-likeness (QED) is 0.421. The van der Waals surface area contributed by atoms with Gasteiger partial charge in [0.25, 0.3) is 5.91 Å². The molecule has 4 aromatic rings. The Morgan fingerprint density at radius 1 is 1.08 bits per heavy atom. The molecule has 1 aliphatic heterocycles. The fraction of sp³-hybridized carbons (Fsp3) is 0.286. The molecular formula is C28H26N8O2. The molecule has 1 atom stereocenters. The summed E-state index contributed by atoms with van der Waals surface area (Å²) in [4.78, 5) is 40.9. The maximum atomic E-state index is 12.8. The number of pyridine rings is 1. The van der Waals surface area contributed by atoms with Gasteiger partial charge in [-0.25, -0.2) is 15.0 Å². The minimum absolute atomic E-state index is 0.0937. The summed E-state index contributed by atoms with van der Waals surface area (Å²) < 4.78 is 1.99. The normalized spacial score (nSPS) is 17.2. The summed E-state index contributed by atoms with van der Waals surface area (Å²) in [6.45, 7) is 1.45. The van der Waals surface area contributed by atoms with Gasteiger partial charge in [0.1, 0.15) is 28.7 Å². The highest BCUT2D eigenvalue weighted by molar-refractivity contribution is 6.04. The van der Waals surface area contributed by atoms with Crippen LogP contribution in [0.25, 0.3) is 16.8 Å². The van der Waals surface area contributed by atoms with Gasteiger partial charge in [0.2, 0.25) is 5.91 Å². The number of anilines is 2. The number of carbonyl (C=O) groups excluding carboxylic acids is 2. The van der Waals surface area contributed by atoms with Crippen molar-refractivity contribution in [1.82, 2.24) is 24.3 Å². The van der Waals surface area contributed by atoms with Crippen molar-refractivity contribution in [3.63, 3.8) is 0 Å². The standard InChI is InChI=1S/C28H26N8O2/c29-15-17-9-10-31-22(14-17)33-27(37)19-5-3-18(4-6-19)23-24-25(30)32-11-13-36(24)26(34-23)21-2-1-12-35(16-21)28(38)20-7-8-20/h3-6,9-11,13-14,20-21H,1-2,7-8,12,16H2,(H2,30,32)(H,31,33,37). The predicted molar refractivity (Wildman–Crippen MR) is 141 cm³/mol. The number of nitrogen functional groups attached to an aromatic ring is 1. The van der Waals surface area contributed by atoms with Crippen molar-refractivity contribution in [3.05, 3.63) is 71.9 Å². The van der Waals surface area contributed by atoms with Gasteiger partial charge in [-0.05, 0) is 49.9 Å². The monoisotopic (exact) mass is 506 g/mol. The first kappa shape index (κ1) is 23.6. The molecule has 2 amide bonds. The van der Waals surface area contributed by atoms with Crippen molar-refractivity contribution in [3.8, 4) is 17.3 Å². The second kappa shape index (κ2) is 9.59. The third-order valence-electron chi connectivity index (χ3n) is 7.19. The van der Waals surface area contributed by atoms with E-state index in [2.05, 4.69) is 15.3 Å². The van der Waals surface area contributed by atoms with Crippen LogP contribution in [0.2, 0.25) is 0 Å². The first-order chi connectivity index (χ1) is 18.5. The number of rotatable bonds is 5. The summed E-state index contributed by atoms with van der Waals surface area (Å²) in [6.07, 6.45) is 8.87. The molecule has 3 N–H and O–H groups in total. The van der Waals surface area contributed by atoms with Crippen LogP contribution in [0.5, 0.6) is 0 Å². The molecule has 3 aromatic heterocycles. The van der Waals surface area contributed by atoms with E-state index in [1.165, 1.54) is 12.3 Å². The Labute approximate surface area is 219 Å². The maximum absolute atomic E-state index is 12.8. The first-order valence-electron chi connectivity index (χ1n) is 12.7. The second-order valence-corrected chi connectivity index (χ2v) is 9.82. The Balaban J connectivity index is 1.29. The van der Waals surface area contributed by atoms with Crippen LogP contribution in [0, 0.1) is 17.2 Å². The van der Waals surface area contributed by atoms with Crippen LogP contribution in [-0.4, -0.2) is 49.2 Å². The maximum Gasteiger partial charge on any atom is 0.256 e. The van der Waals surface area contributed by atoms with Crippen molar-refractivity contribution >= 4 is 29.0 Å². The first-order valence-corrected chi connectivity index (χ1v) is 12.7. The zero-order valence-electron chi connectivity index (χ0n) is 20.7. The molecule has 1 aromatic carbocycles. The number of benzene rings is 1. The van der Waals surface area contributed by atoms with Crippen LogP contribution in [-0.2, 0) is 4.79 Å². The molecular weight excluding hydrogens is 480 g/mol. The number of nitrogens with zero attached hydrogens (tertiary/aromatic N) is 6. The van der Waals surface area contributed by atoms with Gasteiger partial charge in [-0.2, -0.15) is 5.26 Å². The lowest BCUT2D eigenvalue weighted by molar-refractivity contribution is -0.133. The molecule has 10 nitrogen and oxygen atoms in total. The lowest BCUT2D eigenvalue weighted by Crippen LogP contribution is -2.40. The van der Waals surface area contributed by atoms with Crippen LogP contribution < -0.4 is 11.1 Å². The van der Waals surface area contributed by atoms with Crippen molar-refractivity contribution in [1.29, 1.82) is 5.26 Å². The van der Waals surface area contributed by atoms with Gasteiger partial charge >= 0.3 is 0 Å². The average Bonchev–Trinajstić information content (AvgIpc) is 3.73. The molecule has 0 bridgehead atoms. The van der Waals surface area contributed by atoms with E-state index in [1.807, 2.05) is 33.7 Å². The van der Waals surface area contributed by atoms with E-state index in [9.17, 15) is 9.59 Å². The molecule has 0 spiro atoms. The Morgan fingerprint density at radius 3 is 2.66 bits per heavy atom. The number of hydrogen-bond donors (Lipinski definition) is 2. The summed E-state index contributed by atoms with van der Waals surface area (Å²) in [5.41, 5.74) is 9.37. The number of hydrogen-bond acceptors (Lipinski definition) is 7. The lowest BCUT2D eigenvalue weighted by Gasteiger charge is -2.32. The number of imidazole rings is 1. The molecule has 2 aliphatic rings. The minimum Gasteiger partial charge on any atom is -0.382 e. The number of piperidine rings is 1. The fourth-order valence-electron chi connectivity index (χ4n) is 5.09. The van der Waals surface area contributed by atoms with Crippen LogP contribution in [0.15, 0.2) is 55.0 Å². The van der Waals surface area contributed by atoms with E-state index in [0.717, 1.165) is 43.6 Å². The van der Waals surface area contributed by atoms with Crippen molar-refractivity contribution in [2.75, 3.05) is 24.1 Å². The van der Waals surface area contributed by atoms with Crippen molar-refractivity contribution in [2.24, 2.45) is 5.92 Å². The Hall–Kier alpha value is -4.78. The van der Waals surface area contributed by atoms with Gasteiger partial charge in [0.05, 0.1) is 11.6 Å². The third-order valence-corrected chi connectivity index (χ3v) is 7.19. The van der Waals surface area contributed by atoms with E-state index in [4.69, 9.17) is 16.0 Å². The Bertz CT molecular complexity index is 1580. The lowest BCUT2D eigenvalue weighted by atomic mass is 9.97. The number of nitriles is 1. The van der Waals surface area contributed by atoms with Crippen molar-refractivity contribution < 1.29 is 9.59 Å². The number of nitrogens with one attached hydrogen (secondary N) is 1. The predicted octanol–water partition coefficient (Wildman–Crippen LogP) is 3.61. The van der Waals surface area contributed by atoms with E-state index < -0.39 is 0 Å². The Kier molecular flexibility index (Phi) is 5.96. The molecule has 1 saturated heterocycles. The van der Waals surface area contributed by atoms with Crippen LogP contribution in [0.1, 0.15) is 53.3 Å². The molecule has 190 valence electrons. The largest absolute Gasteiger partial charge is 0.382 e. The van der Waals surface area contributed by atoms with Crippen LogP contribution in [0.4, 0.5) is 11.6 Å². The SMILES string of the molecule is N#Cc1ccnc(NC(=O)c2ccc(-c3nc(C4CCCN(C(=O)C5CC5)C4)n4ccnc(N)c34)cc2)c1. The highest BCUT2D eigenvalue weighted by Gasteiger charge is 2.36. The van der Waals surface area contributed by atoms with Crippen molar-refractivity contribution in [2.45, 2.75) is 31.6 Å². The molecule has 10 heteroatoms. The van der Waals surface area contributed by atoms with E-state index in [1.54, 1.807) is 24.4 Å². The summed E-state index contributed by atoms with van der Waals surface area (Å²) >= 11 is 0. The zero-order valence-corrected chi connectivity index (χ0v) is 20.7. The van der Waals surface area contributed by atoms with E-state index >= 15 is 0 Å². The van der Waals surface area contributed by atoms with Crippen LogP contribution >= 0.6 is 0 Å². The highest BCUT2D eigenvalue weighted by atomic mass is 16.2. The van der Waals surface area contributed by atoms with Gasteiger partial charge < -0.3 is 16.0 Å². The van der Waals surface area contributed by atoms with Gasteiger partial charge in [-0.15, -0.1) is 0 Å². The molecule has 1 saturated carbocycles. The molecule has 1 unspecified atom stereocenters. The minimum atomic E-state index is -0.335. The van der Waals surface area contributed by atoms with Gasteiger partial charge in [0.15, 0.2) is 0 Å². The Morgan fingerprint density at radius 2 is 1.89 bits per heavy atom. The van der Waals surface area contributed by atoms with Gasteiger partial charge in [-0.3, -0.25) is 14.0 Å². The van der Waals surface area contributed by atoms with Crippen LogP contribution in [0.3, 0.4) is 0 Å². The molecule has 4 heterocycles. The summed E-state index contributed by atoms with van der Waals surface area (Å²) in [5.74, 6) is 1.76. The molecule has 2 fully saturated rings. The number of nitrogens with two attached hydrogens (primary N) is 1.